The molecule has 4 heteroatoms. The SMILES string of the molecule is N#Cc1ccc(CNCc2ccc(Cl)c(Br)c2)cc1. The molecule has 0 spiro atoms. The van der Waals surface area contributed by atoms with Gasteiger partial charge in [-0.1, -0.05) is 29.8 Å². The van der Waals surface area contributed by atoms with Gasteiger partial charge in [0.05, 0.1) is 16.7 Å². The minimum Gasteiger partial charge on any atom is -0.309 e. The van der Waals surface area contributed by atoms with E-state index >= 15 is 0 Å². The van der Waals surface area contributed by atoms with Gasteiger partial charge in [-0.15, -0.1) is 0 Å². The Labute approximate surface area is 126 Å². The van der Waals surface area contributed by atoms with Crippen LogP contribution in [0.25, 0.3) is 0 Å². The van der Waals surface area contributed by atoms with Crippen LogP contribution in [0.3, 0.4) is 0 Å². The van der Waals surface area contributed by atoms with Gasteiger partial charge in [0.15, 0.2) is 0 Å². The standard InChI is InChI=1S/C15H12BrClN2/c16-14-7-13(5-6-15(14)17)10-19-9-12-3-1-11(8-18)2-4-12/h1-7,19H,9-10H2. The highest BCUT2D eigenvalue weighted by Crippen LogP contribution is 2.23. The summed E-state index contributed by atoms with van der Waals surface area (Å²) in [4.78, 5) is 0. The molecule has 0 fully saturated rings. The number of benzene rings is 2. The predicted octanol–water partition coefficient (Wildman–Crippen LogP) is 4.26. The zero-order chi connectivity index (χ0) is 13.7. The topological polar surface area (TPSA) is 35.8 Å². The molecule has 19 heavy (non-hydrogen) atoms. The fraction of sp³-hybridized carbons (Fsp3) is 0.133. The van der Waals surface area contributed by atoms with Crippen LogP contribution in [0.15, 0.2) is 46.9 Å². The molecule has 0 aromatic heterocycles. The number of hydrogen-bond donors (Lipinski definition) is 1. The maximum Gasteiger partial charge on any atom is 0.0991 e. The van der Waals surface area contributed by atoms with E-state index in [1.54, 1.807) is 0 Å². The van der Waals surface area contributed by atoms with Crippen LogP contribution < -0.4 is 5.32 Å². The maximum absolute atomic E-state index is 8.72. The summed E-state index contributed by atoms with van der Waals surface area (Å²) in [5.74, 6) is 0. The largest absolute Gasteiger partial charge is 0.309 e. The van der Waals surface area contributed by atoms with E-state index in [0.717, 1.165) is 28.1 Å². The van der Waals surface area contributed by atoms with Gasteiger partial charge in [0.1, 0.15) is 0 Å². The van der Waals surface area contributed by atoms with Crippen molar-refractivity contribution >= 4 is 27.5 Å². The zero-order valence-corrected chi connectivity index (χ0v) is 12.5. The van der Waals surface area contributed by atoms with Crippen molar-refractivity contribution in [2.45, 2.75) is 13.1 Å². The van der Waals surface area contributed by atoms with Crippen LogP contribution in [0.2, 0.25) is 5.02 Å². The van der Waals surface area contributed by atoms with Crippen LogP contribution in [0.4, 0.5) is 0 Å². The van der Waals surface area contributed by atoms with Gasteiger partial charge in [0.25, 0.3) is 0 Å². The molecule has 0 saturated heterocycles. The average Bonchev–Trinajstić information content (AvgIpc) is 2.43. The average molecular weight is 336 g/mol. The number of rotatable bonds is 4. The Bertz CT molecular complexity index is 603. The van der Waals surface area contributed by atoms with Crippen LogP contribution >= 0.6 is 27.5 Å². The highest BCUT2D eigenvalue weighted by molar-refractivity contribution is 9.10. The van der Waals surface area contributed by atoms with Gasteiger partial charge in [0.2, 0.25) is 0 Å². The van der Waals surface area contributed by atoms with E-state index in [4.69, 9.17) is 16.9 Å². The van der Waals surface area contributed by atoms with Gasteiger partial charge >= 0.3 is 0 Å². The third kappa shape index (κ3) is 4.07. The van der Waals surface area contributed by atoms with Gasteiger partial charge in [-0.25, -0.2) is 0 Å². The van der Waals surface area contributed by atoms with Crippen LogP contribution in [-0.2, 0) is 13.1 Å². The van der Waals surface area contributed by atoms with Gasteiger partial charge < -0.3 is 5.32 Å². The Morgan fingerprint density at radius 2 is 1.68 bits per heavy atom. The van der Waals surface area contributed by atoms with E-state index < -0.39 is 0 Å². The Hall–Kier alpha value is -1.34. The molecule has 2 aromatic rings. The molecule has 0 aliphatic carbocycles. The highest BCUT2D eigenvalue weighted by atomic mass is 79.9. The van der Waals surface area contributed by atoms with Gasteiger partial charge in [-0.3, -0.25) is 0 Å². The number of nitrogens with zero attached hydrogens (tertiary/aromatic N) is 1. The minimum atomic E-state index is 0.686. The summed E-state index contributed by atoms with van der Waals surface area (Å²) in [5, 5.41) is 12.8. The molecule has 0 radical (unpaired) electrons. The smallest absolute Gasteiger partial charge is 0.0991 e. The Morgan fingerprint density at radius 1 is 1.05 bits per heavy atom. The quantitative estimate of drug-likeness (QED) is 0.906. The molecule has 0 saturated carbocycles. The number of halogens is 2. The van der Waals surface area contributed by atoms with Gasteiger partial charge in [-0.2, -0.15) is 5.26 Å². The first-order valence-corrected chi connectivity index (χ1v) is 7.00. The van der Waals surface area contributed by atoms with Crippen LogP contribution in [0.1, 0.15) is 16.7 Å². The first-order chi connectivity index (χ1) is 9.19. The van der Waals surface area contributed by atoms with E-state index in [0.29, 0.717) is 5.56 Å². The first kappa shape index (κ1) is 14.1. The monoisotopic (exact) mass is 334 g/mol. The molecule has 0 amide bonds. The maximum atomic E-state index is 8.72. The lowest BCUT2D eigenvalue weighted by Gasteiger charge is -2.06. The van der Waals surface area contributed by atoms with Crippen molar-refractivity contribution in [1.29, 1.82) is 5.26 Å². The summed E-state index contributed by atoms with van der Waals surface area (Å²) in [7, 11) is 0. The number of hydrogen-bond acceptors (Lipinski definition) is 2. The van der Waals surface area contributed by atoms with E-state index in [1.807, 2.05) is 42.5 Å². The molecular formula is C15H12BrClN2. The van der Waals surface area contributed by atoms with Crippen molar-refractivity contribution < 1.29 is 0 Å². The van der Waals surface area contributed by atoms with E-state index in [2.05, 4.69) is 27.3 Å². The molecule has 0 heterocycles. The molecule has 0 aliphatic heterocycles. The normalized spacial score (nSPS) is 10.2. The summed E-state index contributed by atoms with van der Waals surface area (Å²) in [6.45, 7) is 1.54. The summed E-state index contributed by atoms with van der Waals surface area (Å²) in [5.41, 5.74) is 3.02. The number of nitriles is 1. The molecular weight excluding hydrogens is 324 g/mol. The second-order valence-electron chi connectivity index (χ2n) is 4.16. The van der Waals surface area contributed by atoms with Gasteiger partial charge in [-0.05, 0) is 51.3 Å². The fourth-order valence-electron chi connectivity index (χ4n) is 1.70. The summed E-state index contributed by atoms with van der Waals surface area (Å²) < 4.78 is 0.909. The molecule has 0 bridgehead atoms. The van der Waals surface area contributed by atoms with Crippen molar-refractivity contribution in [2.24, 2.45) is 0 Å². The summed E-state index contributed by atoms with van der Waals surface area (Å²) in [6, 6.07) is 15.6. The van der Waals surface area contributed by atoms with Crippen molar-refractivity contribution in [3.05, 3.63) is 68.7 Å². The second kappa shape index (κ2) is 6.72. The van der Waals surface area contributed by atoms with Crippen molar-refractivity contribution in [2.75, 3.05) is 0 Å². The van der Waals surface area contributed by atoms with E-state index in [1.165, 1.54) is 5.56 Å². The molecule has 2 nitrogen and oxygen atoms in total. The highest BCUT2D eigenvalue weighted by Gasteiger charge is 1.99. The molecule has 0 atom stereocenters. The summed E-state index contributed by atoms with van der Waals surface area (Å²) in [6.07, 6.45) is 0. The fourth-order valence-corrected chi connectivity index (χ4v) is 2.24. The van der Waals surface area contributed by atoms with Crippen LogP contribution in [0, 0.1) is 11.3 Å². The number of nitrogens with one attached hydrogen (secondary N) is 1. The summed E-state index contributed by atoms with van der Waals surface area (Å²) >= 11 is 9.35. The Balaban J connectivity index is 1.89. The Kier molecular flexibility index (Phi) is 4.98. The third-order valence-electron chi connectivity index (χ3n) is 2.73. The molecule has 1 N–H and O–H groups in total. The minimum absolute atomic E-state index is 0.686. The third-order valence-corrected chi connectivity index (χ3v) is 3.94. The molecule has 2 rings (SSSR count). The molecule has 2 aromatic carbocycles. The van der Waals surface area contributed by atoms with E-state index in [-0.39, 0.29) is 0 Å². The molecule has 0 aliphatic rings. The van der Waals surface area contributed by atoms with Gasteiger partial charge in [0, 0.05) is 17.6 Å². The van der Waals surface area contributed by atoms with Crippen molar-refractivity contribution in [3.63, 3.8) is 0 Å². The second-order valence-corrected chi connectivity index (χ2v) is 5.42. The lowest BCUT2D eigenvalue weighted by molar-refractivity contribution is 0.693. The van der Waals surface area contributed by atoms with Crippen LogP contribution in [-0.4, -0.2) is 0 Å². The predicted molar refractivity (Wildman–Crippen MR) is 80.9 cm³/mol. The Morgan fingerprint density at radius 3 is 2.32 bits per heavy atom. The van der Waals surface area contributed by atoms with Crippen molar-refractivity contribution in [3.8, 4) is 6.07 Å². The lowest BCUT2D eigenvalue weighted by atomic mass is 10.1. The zero-order valence-electron chi connectivity index (χ0n) is 10.2. The molecule has 96 valence electrons. The first-order valence-electron chi connectivity index (χ1n) is 5.83. The van der Waals surface area contributed by atoms with Crippen LogP contribution in [0.5, 0.6) is 0 Å². The van der Waals surface area contributed by atoms with Crippen molar-refractivity contribution in [1.82, 2.24) is 5.32 Å². The molecule has 0 unspecified atom stereocenters. The van der Waals surface area contributed by atoms with E-state index in [9.17, 15) is 0 Å². The lowest BCUT2D eigenvalue weighted by Crippen LogP contribution is -2.12.